The van der Waals surface area contributed by atoms with Gasteiger partial charge in [0.15, 0.2) is 5.78 Å². The molecule has 1 atom stereocenters. The maximum atomic E-state index is 13.2. The zero-order valence-electron chi connectivity index (χ0n) is 17.1. The summed E-state index contributed by atoms with van der Waals surface area (Å²) in [6.07, 6.45) is 1.71. The van der Waals surface area contributed by atoms with E-state index in [0.717, 1.165) is 11.3 Å². The van der Waals surface area contributed by atoms with Gasteiger partial charge in [-0.2, -0.15) is 0 Å². The van der Waals surface area contributed by atoms with Crippen molar-refractivity contribution in [2.75, 3.05) is 0 Å². The molecule has 2 aromatic carbocycles. The van der Waals surface area contributed by atoms with Gasteiger partial charge in [-0.15, -0.1) is 0 Å². The number of Topliss-reactive ketones (excluding diaryl/α,β-unsaturated/α-hetero) is 1. The number of rotatable bonds is 5. The molecule has 1 aliphatic carbocycles. The third-order valence-corrected chi connectivity index (χ3v) is 5.65. The van der Waals surface area contributed by atoms with Crippen LogP contribution in [0.3, 0.4) is 0 Å². The summed E-state index contributed by atoms with van der Waals surface area (Å²) in [6.45, 7) is 1.81. The lowest BCUT2D eigenvalue weighted by atomic mass is 9.75. The Morgan fingerprint density at radius 1 is 1.13 bits per heavy atom. The first kappa shape index (κ1) is 20.5. The smallest absolute Gasteiger partial charge is 0.337 e. The molecule has 0 saturated heterocycles. The van der Waals surface area contributed by atoms with E-state index in [1.54, 1.807) is 25.1 Å². The third-order valence-electron chi connectivity index (χ3n) is 5.65. The number of hydrogen-bond acceptors (Lipinski definition) is 6. The van der Waals surface area contributed by atoms with Crippen molar-refractivity contribution >= 4 is 17.4 Å². The Labute approximate surface area is 179 Å². The highest BCUT2D eigenvalue weighted by Crippen LogP contribution is 2.45. The van der Waals surface area contributed by atoms with E-state index in [1.165, 1.54) is 6.07 Å². The van der Waals surface area contributed by atoms with Crippen LogP contribution in [0, 0.1) is 10.1 Å². The van der Waals surface area contributed by atoms with Crippen LogP contribution in [0.1, 0.15) is 43.2 Å². The van der Waals surface area contributed by atoms with Gasteiger partial charge in [0.05, 0.1) is 16.4 Å². The second-order valence-corrected chi connectivity index (χ2v) is 7.64. The molecular formula is C24H22N2O5. The summed E-state index contributed by atoms with van der Waals surface area (Å²) in [5.41, 5.74) is 2.97. The molecule has 158 valence electrons. The predicted molar refractivity (Wildman–Crippen MR) is 114 cm³/mol. The highest BCUT2D eigenvalue weighted by molar-refractivity contribution is 6.04. The van der Waals surface area contributed by atoms with Crippen LogP contribution in [0.5, 0.6) is 0 Å². The van der Waals surface area contributed by atoms with Gasteiger partial charge in [-0.05, 0) is 25.3 Å². The molecule has 0 aromatic heterocycles. The third kappa shape index (κ3) is 3.99. The van der Waals surface area contributed by atoms with E-state index in [9.17, 15) is 19.7 Å². The molecule has 31 heavy (non-hydrogen) atoms. The van der Waals surface area contributed by atoms with E-state index in [0.29, 0.717) is 36.1 Å². The second-order valence-electron chi connectivity index (χ2n) is 7.64. The Morgan fingerprint density at radius 2 is 1.84 bits per heavy atom. The molecule has 1 aliphatic heterocycles. The van der Waals surface area contributed by atoms with Crippen molar-refractivity contribution in [2.24, 2.45) is 0 Å². The summed E-state index contributed by atoms with van der Waals surface area (Å²) >= 11 is 0. The lowest BCUT2D eigenvalue weighted by Crippen LogP contribution is -2.34. The zero-order chi connectivity index (χ0) is 22.0. The minimum Gasteiger partial charge on any atom is -0.457 e. The standard InChI is InChI=1S/C24H22N2O5/c1-15-21(24(28)31-14-16-8-3-2-4-9-16)22(17-10-5-6-12-19(17)26(29)30)23-18(25-15)11-7-13-20(23)27/h2-6,8-10,12,22,25H,7,11,13-14H2,1H3/t22-/m0/s1. The minimum absolute atomic E-state index is 0.0694. The lowest BCUT2D eigenvalue weighted by Gasteiger charge is -2.33. The molecule has 0 fully saturated rings. The largest absolute Gasteiger partial charge is 0.457 e. The summed E-state index contributed by atoms with van der Waals surface area (Å²) in [7, 11) is 0. The van der Waals surface area contributed by atoms with Crippen molar-refractivity contribution in [2.45, 2.75) is 38.7 Å². The number of dihydropyridines is 1. The quantitative estimate of drug-likeness (QED) is 0.441. The number of ether oxygens (including phenoxy) is 1. The number of carbonyl (C=O) groups excluding carboxylic acids is 2. The Hall–Kier alpha value is -3.74. The van der Waals surface area contributed by atoms with Gasteiger partial charge in [-0.3, -0.25) is 14.9 Å². The van der Waals surface area contributed by atoms with Gasteiger partial charge in [0.2, 0.25) is 0 Å². The number of ketones is 1. The van der Waals surface area contributed by atoms with E-state index >= 15 is 0 Å². The van der Waals surface area contributed by atoms with Crippen LogP contribution >= 0.6 is 0 Å². The first-order valence-corrected chi connectivity index (χ1v) is 10.2. The number of carbonyl (C=O) groups is 2. The van der Waals surface area contributed by atoms with E-state index in [2.05, 4.69) is 5.32 Å². The molecule has 0 unspecified atom stereocenters. The highest BCUT2D eigenvalue weighted by atomic mass is 16.6. The van der Waals surface area contributed by atoms with Gasteiger partial charge in [0.25, 0.3) is 5.69 Å². The molecule has 0 spiro atoms. The topological polar surface area (TPSA) is 98.5 Å². The number of para-hydroxylation sites is 1. The molecule has 0 bridgehead atoms. The number of esters is 1. The lowest BCUT2D eigenvalue weighted by molar-refractivity contribution is -0.385. The number of nitro benzene ring substituents is 1. The van der Waals surface area contributed by atoms with Crippen molar-refractivity contribution in [3.63, 3.8) is 0 Å². The Kier molecular flexibility index (Phi) is 5.66. The van der Waals surface area contributed by atoms with Crippen LogP contribution in [0.15, 0.2) is 77.1 Å². The molecule has 7 nitrogen and oxygen atoms in total. The number of allylic oxidation sites excluding steroid dienone is 3. The summed E-state index contributed by atoms with van der Waals surface area (Å²) in [5, 5.41) is 14.9. The number of nitrogens with zero attached hydrogens (tertiary/aromatic N) is 1. The van der Waals surface area contributed by atoms with Gasteiger partial charge < -0.3 is 10.1 Å². The molecule has 1 heterocycles. The van der Waals surface area contributed by atoms with Gasteiger partial charge in [0.1, 0.15) is 6.61 Å². The molecule has 0 radical (unpaired) electrons. The normalized spacial score (nSPS) is 18.4. The predicted octanol–water partition coefficient (Wildman–Crippen LogP) is 4.31. The first-order valence-electron chi connectivity index (χ1n) is 10.2. The monoisotopic (exact) mass is 418 g/mol. The summed E-state index contributed by atoms with van der Waals surface area (Å²) in [6, 6.07) is 15.5. The maximum Gasteiger partial charge on any atom is 0.337 e. The molecule has 2 aromatic rings. The molecule has 4 rings (SSSR count). The highest BCUT2D eigenvalue weighted by Gasteiger charge is 2.41. The van der Waals surface area contributed by atoms with Crippen molar-refractivity contribution in [1.82, 2.24) is 5.32 Å². The zero-order valence-corrected chi connectivity index (χ0v) is 17.1. The maximum absolute atomic E-state index is 13.2. The fraction of sp³-hybridized carbons (Fsp3) is 0.250. The summed E-state index contributed by atoms with van der Waals surface area (Å²) in [5.74, 6) is -1.53. The van der Waals surface area contributed by atoms with E-state index < -0.39 is 16.8 Å². The average Bonchev–Trinajstić information content (AvgIpc) is 2.77. The fourth-order valence-electron chi connectivity index (χ4n) is 4.26. The van der Waals surface area contributed by atoms with Gasteiger partial charge >= 0.3 is 5.97 Å². The van der Waals surface area contributed by atoms with Crippen LogP contribution in [-0.4, -0.2) is 16.7 Å². The fourth-order valence-corrected chi connectivity index (χ4v) is 4.26. The van der Waals surface area contributed by atoms with E-state index in [1.807, 2.05) is 30.3 Å². The van der Waals surface area contributed by atoms with Crippen molar-refractivity contribution in [1.29, 1.82) is 0 Å². The second kappa shape index (κ2) is 8.55. The van der Waals surface area contributed by atoms with Crippen LogP contribution < -0.4 is 5.32 Å². The number of benzene rings is 2. The Morgan fingerprint density at radius 3 is 2.58 bits per heavy atom. The van der Waals surface area contributed by atoms with Crippen LogP contribution in [-0.2, 0) is 20.9 Å². The average molecular weight is 418 g/mol. The number of nitro groups is 1. The number of hydrogen-bond donors (Lipinski definition) is 1. The molecule has 0 amide bonds. The Bertz CT molecular complexity index is 1120. The minimum atomic E-state index is -0.839. The molecular weight excluding hydrogens is 396 g/mol. The Balaban J connectivity index is 1.78. The first-order chi connectivity index (χ1) is 15.0. The van der Waals surface area contributed by atoms with Crippen molar-refractivity contribution in [3.05, 3.63) is 98.4 Å². The molecule has 7 heteroatoms. The van der Waals surface area contributed by atoms with Gasteiger partial charge in [-0.1, -0.05) is 48.5 Å². The molecule has 0 saturated carbocycles. The number of nitrogens with one attached hydrogen (secondary N) is 1. The van der Waals surface area contributed by atoms with E-state index in [-0.39, 0.29) is 23.7 Å². The SMILES string of the molecule is CC1=C(C(=O)OCc2ccccc2)[C@H](c2ccccc2[N+](=O)[O-])C2=C(CCCC2=O)N1. The molecule has 2 aliphatic rings. The molecule has 1 N–H and O–H groups in total. The summed E-state index contributed by atoms with van der Waals surface area (Å²) < 4.78 is 5.56. The van der Waals surface area contributed by atoms with E-state index in [4.69, 9.17) is 4.74 Å². The summed E-state index contributed by atoms with van der Waals surface area (Å²) in [4.78, 5) is 37.4. The van der Waals surface area contributed by atoms with Gasteiger partial charge in [-0.25, -0.2) is 4.79 Å². The van der Waals surface area contributed by atoms with Crippen LogP contribution in [0.4, 0.5) is 5.69 Å². The van der Waals surface area contributed by atoms with Crippen molar-refractivity contribution < 1.29 is 19.2 Å². The van der Waals surface area contributed by atoms with Crippen molar-refractivity contribution in [3.8, 4) is 0 Å². The van der Waals surface area contributed by atoms with Crippen LogP contribution in [0.25, 0.3) is 0 Å². The van der Waals surface area contributed by atoms with Gasteiger partial charge in [0, 0.05) is 35.0 Å². The van der Waals surface area contributed by atoms with Crippen LogP contribution in [0.2, 0.25) is 0 Å².